The van der Waals surface area contributed by atoms with Crippen molar-refractivity contribution in [3.8, 4) is 0 Å². The van der Waals surface area contributed by atoms with Gasteiger partial charge in [0, 0.05) is 10.4 Å². The van der Waals surface area contributed by atoms with Gasteiger partial charge in [-0.05, 0) is 17.5 Å². The van der Waals surface area contributed by atoms with Crippen molar-refractivity contribution < 1.29 is 9.52 Å². The fourth-order valence-electron chi connectivity index (χ4n) is 1.04. The zero-order valence-electron chi connectivity index (χ0n) is 6.31. The fraction of sp³-hybridized carbons (Fsp3) is 0.111. The van der Waals surface area contributed by atoms with Crippen LogP contribution in [0, 0.1) is 0 Å². The van der Waals surface area contributed by atoms with Gasteiger partial charge in [-0.25, -0.2) is 0 Å². The van der Waals surface area contributed by atoms with Crippen LogP contribution >= 0.6 is 11.3 Å². The molecule has 0 aliphatic rings. The van der Waals surface area contributed by atoms with Gasteiger partial charge >= 0.3 is 0 Å². The predicted octanol–water partition coefficient (Wildman–Crippen LogP) is 2.42. The number of aliphatic hydroxyl groups excluding tert-OH is 1. The van der Waals surface area contributed by atoms with Crippen molar-refractivity contribution in [2.75, 3.05) is 0 Å². The average molecular weight is 180 g/mol. The highest BCUT2D eigenvalue weighted by Crippen LogP contribution is 2.25. The lowest BCUT2D eigenvalue weighted by Crippen LogP contribution is -1.93. The van der Waals surface area contributed by atoms with Gasteiger partial charge in [0.2, 0.25) is 0 Å². The number of aliphatic hydroxyl groups is 1. The van der Waals surface area contributed by atoms with Crippen LogP contribution in [0.15, 0.2) is 40.5 Å². The molecule has 0 saturated carbocycles. The highest BCUT2D eigenvalue weighted by Gasteiger charge is 2.11. The average Bonchev–Trinajstić information content (AvgIpc) is 2.77. The zero-order valence-corrected chi connectivity index (χ0v) is 7.12. The molecule has 0 saturated heterocycles. The molecule has 0 amide bonds. The molecule has 0 bridgehead atoms. The summed E-state index contributed by atoms with van der Waals surface area (Å²) in [6, 6.07) is 5.59. The highest BCUT2D eigenvalue weighted by molar-refractivity contribution is 7.10. The summed E-state index contributed by atoms with van der Waals surface area (Å²) in [6.45, 7) is 0. The van der Waals surface area contributed by atoms with E-state index in [1.54, 1.807) is 18.6 Å². The summed E-state index contributed by atoms with van der Waals surface area (Å²) in [6.07, 6.45) is 2.58. The van der Waals surface area contributed by atoms with Crippen molar-refractivity contribution in [3.63, 3.8) is 0 Å². The molecule has 0 aliphatic heterocycles. The van der Waals surface area contributed by atoms with Crippen molar-refractivity contribution >= 4 is 11.3 Å². The van der Waals surface area contributed by atoms with Crippen molar-refractivity contribution in [2.24, 2.45) is 0 Å². The largest absolute Gasteiger partial charge is 0.472 e. The van der Waals surface area contributed by atoms with Crippen molar-refractivity contribution in [1.29, 1.82) is 0 Å². The molecule has 1 atom stereocenters. The van der Waals surface area contributed by atoms with E-state index >= 15 is 0 Å². The summed E-state index contributed by atoms with van der Waals surface area (Å²) < 4.78 is 4.88. The van der Waals surface area contributed by atoms with Crippen LogP contribution < -0.4 is 0 Å². The van der Waals surface area contributed by atoms with Crippen molar-refractivity contribution in [3.05, 3.63) is 46.5 Å². The van der Waals surface area contributed by atoms with E-state index in [-0.39, 0.29) is 0 Å². The summed E-state index contributed by atoms with van der Waals surface area (Å²) in [5.41, 5.74) is 0.803. The molecule has 0 aromatic carbocycles. The minimum absolute atomic E-state index is 0.538. The van der Waals surface area contributed by atoms with Crippen molar-refractivity contribution in [1.82, 2.24) is 0 Å². The van der Waals surface area contributed by atoms with Crippen LogP contribution in [0.2, 0.25) is 0 Å². The first-order valence-corrected chi connectivity index (χ1v) is 4.49. The van der Waals surface area contributed by atoms with E-state index in [2.05, 4.69) is 0 Å². The molecule has 0 fully saturated rings. The number of thiophene rings is 1. The van der Waals surface area contributed by atoms with Gasteiger partial charge in [0.1, 0.15) is 6.10 Å². The van der Waals surface area contributed by atoms with Gasteiger partial charge in [0.15, 0.2) is 0 Å². The Labute approximate surface area is 74.1 Å². The second kappa shape index (κ2) is 3.13. The smallest absolute Gasteiger partial charge is 0.116 e. The quantitative estimate of drug-likeness (QED) is 0.770. The van der Waals surface area contributed by atoms with Crippen LogP contribution in [0.1, 0.15) is 16.5 Å². The second-order valence-electron chi connectivity index (χ2n) is 2.47. The number of furan rings is 1. The first kappa shape index (κ1) is 7.58. The van der Waals surface area contributed by atoms with Crippen LogP contribution in [0.4, 0.5) is 0 Å². The standard InChI is InChI=1S/C9H8O2S/c10-9(7-3-4-11-6-7)8-2-1-5-12-8/h1-6,9-10H. The lowest BCUT2D eigenvalue weighted by molar-refractivity contribution is 0.223. The first-order valence-electron chi connectivity index (χ1n) is 3.61. The van der Waals surface area contributed by atoms with Crippen LogP contribution in [0.5, 0.6) is 0 Å². The third kappa shape index (κ3) is 1.29. The summed E-state index contributed by atoms with van der Waals surface area (Å²) in [4.78, 5) is 0.941. The lowest BCUT2D eigenvalue weighted by Gasteiger charge is -2.03. The van der Waals surface area contributed by atoms with Gasteiger partial charge in [-0.1, -0.05) is 6.07 Å². The number of hydrogen-bond donors (Lipinski definition) is 1. The van der Waals surface area contributed by atoms with Gasteiger partial charge in [-0.3, -0.25) is 0 Å². The van der Waals surface area contributed by atoms with Crippen LogP contribution in [0.25, 0.3) is 0 Å². The summed E-state index contributed by atoms with van der Waals surface area (Å²) in [7, 11) is 0. The van der Waals surface area contributed by atoms with Crippen molar-refractivity contribution in [2.45, 2.75) is 6.10 Å². The predicted molar refractivity (Wildman–Crippen MR) is 47.1 cm³/mol. The Kier molecular flexibility index (Phi) is 1.98. The Morgan fingerprint density at radius 1 is 1.42 bits per heavy atom. The Morgan fingerprint density at radius 3 is 2.92 bits per heavy atom. The van der Waals surface area contributed by atoms with Crippen LogP contribution in [0.3, 0.4) is 0 Å². The SMILES string of the molecule is OC(c1ccoc1)c1cccs1. The maximum atomic E-state index is 9.72. The number of rotatable bonds is 2. The van der Waals surface area contributed by atoms with E-state index in [1.165, 1.54) is 11.3 Å². The minimum Gasteiger partial charge on any atom is -0.472 e. The number of hydrogen-bond acceptors (Lipinski definition) is 3. The molecular weight excluding hydrogens is 172 g/mol. The topological polar surface area (TPSA) is 33.4 Å². The molecule has 2 aromatic rings. The second-order valence-corrected chi connectivity index (χ2v) is 3.45. The molecule has 2 rings (SSSR count). The molecule has 0 radical (unpaired) electrons. The highest BCUT2D eigenvalue weighted by atomic mass is 32.1. The molecule has 3 heteroatoms. The Balaban J connectivity index is 2.27. The fourth-order valence-corrected chi connectivity index (χ4v) is 1.78. The van der Waals surface area contributed by atoms with Crippen LogP contribution in [-0.2, 0) is 0 Å². The molecule has 62 valence electrons. The molecule has 1 N–H and O–H groups in total. The maximum absolute atomic E-state index is 9.72. The third-order valence-corrected chi connectivity index (χ3v) is 2.60. The van der Waals surface area contributed by atoms with Gasteiger partial charge in [-0.2, -0.15) is 0 Å². The lowest BCUT2D eigenvalue weighted by atomic mass is 10.2. The van der Waals surface area contributed by atoms with E-state index in [4.69, 9.17) is 4.42 Å². The van der Waals surface area contributed by atoms with E-state index in [1.807, 2.05) is 17.5 Å². The summed E-state index contributed by atoms with van der Waals surface area (Å²) in [5.74, 6) is 0. The molecule has 2 nitrogen and oxygen atoms in total. The Hall–Kier alpha value is -1.06. The molecular formula is C9H8O2S. The van der Waals surface area contributed by atoms with Gasteiger partial charge in [-0.15, -0.1) is 11.3 Å². The van der Waals surface area contributed by atoms with Gasteiger partial charge in [0.25, 0.3) is 0 Å². The summed E-state index contributed by atoms with van der Waals surface area (Å²) in [5, 5.41) is 11.7. The van der Waals surface area contributed by atoms with Gasteiger partial charge < -0.3 is 9.52 Å². The summed E-state index contributed by atoms with van der Waals surface area (Å²) >= 11 is 1.54. The molecule has 2 aromatic heterocycles. The third-order valence-electron chi connectivity index (χ3n) is 1.67. The molecule has 0 spiro atoms. The Bertz CT molecular complexity index is 289. The minimum atomic E-state index is -0.538. The molecule has 2 heterocycles. The van der Waals surface area contributed by atoms with E-state index in [0.717, 1.165) is 10.4 Å². The van der Waals surface area contributed by atoms with Crippen LogP contribution in [-0.4, -0.2) is 5.11 Å². The zero-order chi connectivity index (χ0) is 8.39. The first-order chi connectivity index (χ1) is 5.88. The normalized spacial score (nSPS) is 13.1. The monoisotopic (exact) mass is 180 g/mol. The van der Waals surface area contributed by atoms with E-state index in [0.29, 0.717) is 0 Å². The van der Waals surface area contributed by atoms with E-state index < -0.39 is 6.10 Å². The maximum Gasteiger partial charge on any atom is 0.116 e. The Morgan fingerprint density at radius 2 is 2.33 bits per heavy atom. The van der Waals surface area contributed by atoms with Gasteiger partial charge in [0.05, 0.1) is 12.5 Å². The molecule has 1 unspecified atom stereocenters. The van der Waals surface area contributed by atoms with E-state index in [9.17, 15) is 5.11 Å². The molecule has 12 heavy (non-hydrogen) atoms. The molecule has 0 aliphatic carbocycles.